The molecule has 0 aliphatic heterocycles. The number of benzene rings is 2. The van der Waals surface area contributed by atoms with Gasteiger partial charge in [-0.25, -0.2) is 17.6 Å². The first-order valence-electron chi connectivity index (χ1n) is 6.95. The molecule has 2 aromatic carbocycles. The Kier molecular flexibility index (Phi) is 5.33. The molecule has 120 valence electrons. The van der Waals surface area contributed by atoms with E-state index in [0.29, 0.717) is 11.6 Å². The van der Waals surface area contributed by atoms with E-state index >= 15 is 0 Å². The summed E-state index contributed by atoms with van der Waals surface area (Å²) in [7, 11) is 0. The second-order valence-corrected chi connectivity index (χ2v) is 5.50. The SMILES string of the molecule is C#CC(c1ccc(F)cc1)C(CC)c1c(F)c(F)cc(Cl)c1F. The highest BCUT2D eigenvalue weighted by atomic mass is 35.5. The van der Waals surface area contributed by atoms with Crippen LogP contribution in [0.1, 0.15) is 36.3 Å². The lowest BCUT2D eigenvalue weighted by Crippen LogP contribution is -2.14. The molecule has 23 heavy (non-hydrogen) atoms. The van der Waals surface area contributed by atoms with Gasteiger partial charge in [-0.2, -0.15) is 0 Å². The van der Waals surface area contributed by atoms with E-state index in [2.05, 4.69) is 5.92 Å². The summed E-state index contributed by atoms with van der Waals surface area (Å²) in [5.41, 5.74) is 0.0321. The summed E-state index contributed by atoms with van der Waals surface area (Å²) in [6, 6.07) is 5.89. The van der Waals surface area contributed by atoms with Gasteiger partial charge < -0.3 is 0 Å². The van der Waals surface area contributed by atoms with E-state index in [-0.39, 0.29) is 6.42 Å². The monoisotopic (exact) mass is 340 g/mol. The molecule has 0 N–H and O–H groups in total. The minimum atomic E-state index is -1.30. The molecule has 0 bridgehead atoms. The molecule has 0 saturated carbocycles. The van der Waals surface area contributed by atoms with Crippen LogP contribution in [0.4, 0.5) is 17.6 Å². The van der Waals surface area contributed by atoms with Crippen molar-refractivity contribution >= 4 is 11.6 Å². The Morgan fingerprint density at radius 2 is 1.70 bits per heavy atom. The van der Waals surface area contributed by atoms with E-state index in [0.717, 1.165) is 0 Å². The summed E-state index contributed by atoms with van der Waals surface area (Å²) in [6.45, 7) is 1.68. The van der Waals surface area contributed by atoms with E-state index in [4.69, 9.17) is 18.0 Å². The lowest BCUT2D eigenvalue weighted by molar-refractivity contribution is 0.451. The topological polar surface area (TPSA) is 0 Å². The Morgan fingerprint density at radius 3 is 2.22 bits per heavy atom. The number of hydrogen-bond donors (Lipinski definition) is 0. The molecule has 2 aromatic rings. The van der Waals surface area contributed by atoms with Gasteiger partial charge in [0.25, 0.3) is 0 Å². The van der Waals surface area contributed by atoms with Gasteiger partial charge in [0, 0.05) is 11.5 Å². The number of rotatable bonds is 4. The Morgan fingerprint density at radius 1 is 1.09 bits per heavy atom. The van der Waals surface area contributed by atoms with E-state index < -0.39 is 45.7 Å². The van der Waals surface area contributed by atoms with Gasteiger partial charge >= 0.3 is 0 Å². The predicted octanol–water partition coefficient (Wildman–Crippen LogP) is 5.81. The van der Waals surface area contributed by atoms with Gasteiger partial charge in [-0.05, 0) is 30.2 Å². The second-order valence-electron chi connectivity index (χ2n) is 5.09. The van der Waals surface area contributed by atoms with Crippen molar-refractivity contribution in [3.8, 4) is 12.3 Å². The maximum atomic E-state index is 14.3. The molecule has 2 atom stereocenters. The number of hydrogen-bond acceptors (Lipinski definition) is 0. The first kappa shape index (κ1) is 17.4. The molecule has 0 spiro atoms. The molecular weight excluding hydrogens is 328 g/mol. The molecule has 2 rings (SSSR count). The molecular formula is C18H13ClF4. The minimum Gasteiger partial charge on any atom is -0.207 e. The highest BCUT2D eigenvalue weighted by molar-refractivity contribution is 6.30. The summed E-state index contributed by atoms with van der Waals surface area (Å²) in [4.78, 5) is 0. The van der Waals surface area contributed by atoms with Crippen LogP contribution >= 0.6 is 11.6 Å². The van der Waals surface area contributed by atoms with Crippen LogP contribution < -0.4 is 0 Å². The van der Waals surface area contributed by atoms with Gasteiger partial charge in [-0.3, -0.25) is 0 Å². The molecule has 0 aliphatic rings. The largest absolute Gasteiger partial charge is 0.207 e. The van der Waals surface area contributed by atoms with E-state index in [1.807, 2.05) is 0 Å². The van der Waals surface area contributed by atoms with Crippen molar-refractivity contribution in [2.45, 2.75) is 25.2 Å². The van der Waals surface area contributed by atoms with Gasteiger partial charge in [-0.1, -0.05) is 36.6 Å². The Bertz CT molecular complexity index is 721. The van der Waals surface area contributed by atoms with Crippen molar-refractivity contribution in [1.82, 2.24) is 0 Å². The Labute approximate surface area is 137 Å². The molecule has 0 saturated heterocycles. The smallest absolute Gasteiger partial charge is 0.165 e. The fraction of sp³-hybridized carbons (Fsp3) is 0.222. The predicted molar refractivity (Wildman–Crippen MR) is 82.3 cm³/mol. The third kappa shape index (κ3) is 3.35. The van der Waals surface area contributed by atoms with Crippen molar-refractivity contribution in [3.05, 3.63) is 69.8 Å². The number of terminal acetylenes is 1. The maximum Gasteiger partial charge on any atom is 0.165 e. The van der Waals surface area contributed by atoms with Gasteiger partial charge in [0.1, 0.15) is 11.6 Å². The summed E-state index contributed by atoms with van der Waals surface area (Å²) in [5, 5.41) is -0.507. The van der Waals surface area contributed by atoms with Crippen molar-refractivity contribution in [2.75, 3.05) is 0 Å². The van der Waals surface area contributed by atoms with Crippen LogP contribution in [-0.2, 0) is 0 Å². The average molecular weight is 341 g/mol. The molecule has 0 aliphatic carbocycles. The van der Waals surface area contributed by atoms with E-state index in [1.165, 1.54) is 24.3 Å². The second kappa shape index (κ2) is 7.06. The molecule has 0 radical (unpaired) electrons. The van der Waals surface area contributed by atoms with E-state index in [9.17, 15) is 17.6 Å². The zero-order valence-corrected chi connectivity index (χ0v) is 13.0. The fourth-order valence-corrected chi connectivity index (χ4v) is 2.84. The van der Waals surface area contributed by atoms with Gasteiger partial charge in [0.05, 0.1) is 10.9 Å². The standard InChI is InChI=1S/C18H13ClF4/c1-3-12(10-5-7-11(20)8-6-10)13(4-2)16-17(22)14(19)9-15(21)18(16)23/h1,5-9,12-13H,4H2,2H3. The number of halogens is 5. The molecule has 0 amide bonds. The highest BCUT2D eigenvalue weighted by Crippen LogP contribution is 2.40. The molecule has 0 nitrogen and oxygen atoms in total. The Hall–Kier alpha value is -1.99. The third-order valence-corrected chi connectivity index (χ3v) is 4.04. The fourth-order valence-electron chi connectivity index (χ4n) is 2.64. The van der Waals surface area contributed by atoms with Gasteiger partial charge in [0.2, 0.25) is 0 Å². The molecule has 5 heteroatoms. The van der Waals surface area contributed by atoms with Crippen LogP contribution in [0.5, 0.6) is 0 Å². The lowest BCUT2D eigenvalue weighted by atomic mass is 9.80. The average Bonchev–Trinajstić information content (AvgIpc) is 2.53. The van der Waals surface area contributed by atoms with E-state index in [1.54, 1.807) is 6.92 Å². The summed E-state index contributed by atoms with van der Waals surface area (Å²) in [6.07, 6.45) is 5.77. The maximum absolute atomic E-state index is 14.3. The highest BCUT2D eigenvalue weighted by Gasteiger charge is 2.30. The van der Waals surface area contributed by atoms with Crippen molar-refractivity contribution in [2.24, 2.45) is 0 Å². The first-order chi connectivity index (χ1) is 10.9. The lowest BCUT2D eigenvalue weighted by Gasteiger charge is -2.24. The van der Waals surface area contributed by atoms with Crippen LogP contribution in [-0.4, -0.2) is 0 Å². The molecule has 0 aromatic heterocycles. The quantitative estimate of drug-likeness (QED) is 0.374. The zero-order chi connectivity index (χ0) is 17.1. The van der Waals surface area contributed by atoms with Crippen LogP contribution in [0, 0.1) is 35.6 Å². The summed E-state index contributed by atoms with van der Waals surface area (Å²) in [5.74, 6) is -3.15. The van der Waals surface area contributed by atoms with Crippen molar-refractivity contribution < 1.29 is 17.6 Å². The van der Waals surface area contributed by atoms with Crippen molar-refractivity contribution in [1.29, 1.82) is 0 Å². The molecule has 0 heterocycles. The van der Waals surface area contributed by atoms with Gasteiger partial charge in [0.15, 0.2) is 11.6 Å². The van der Waals surface area contributed by atoms with Gasteiger partial charge in [-0.15, -0.1) is 6.42 Å². The van der Waals surface area contributed by atoms with Crippen LogP contribution in [0.25, 0.3) is 0 Å². The molecule has 0 fully saturated rings. The third-order valence-electron chi connectivity index (χ3n) is 3.77. The Balaban J connectivity index is 2.59. The first-order valence-corrected chi connectivity index (χ1v) is 7.32. The normalized spacial score (nSPS) is 13.4. The molecule has 2 unspecified atom stereocenters. The van der Waals surface area contributed by atoms with Crippen LogP contribution in [0.15, 0.2) is 30.3 Å². The van der Waals surface area contributed by atoms with Crippen molar-refractivity contribution in [3.63, 3.8) is 0 Å². The zero-order valence-electron chi connectivity index (χ0n) is 12.2. The van der Waals surface area contributed by atoms with Crippen LogP contribution in [0.2, 0.25) is 5.02 Å². The van der Waals surface area contributed by atoms with Crippen LogP contribution in [0.3, 0.4) is 0 Å². The summed E-state index contributed by atoms with van der Waals surface area (Å²) < 4.78 is 55.1. The summed E-state index contributed by atoms with van der Waals surface area (Å²) >= 11 is 5.62. The minimum absolute atomic E-state index is 0.250.